The van der Waals surface area contributed by atoms with Gasteiger partial charge in [-0.1, -0.05) is 26.7 Å². The molecule has 1 heterocycles. The second kappa shape index (κ2) is 7.76. The number of ether oxygens (including phenoxy) is 2. The Kier molecular flexibility index (Phi) is 6.22. The van der Waals surface area contributed by atoms with Gasteiger partial charge in [-0.2, -0.15) is 4.98 Å². The quantitative estimate of drug-likeness (QED) is 0.707. The van der Waals surface area contributed by atoms with Gasteiger partial charge in [-0.05, 0) is 18.9 Å². The summed E-state index contributed by atoms with van der Waals surface area (Å²) in [5.74, 6) is 1.06. The summed E-state index contributed by atoms with van der Waals surface area (Å²) in [6.45, 7) is 5.52. The molecular formula is C13H22N2O2. The summed E-state index contributed by atoms with van der Waals surface area (Å²) in [5, 5.41) is 0. The molecule has 17 heavy (non-hydrogen) atoms. The van der Waals surface area contributed by atoms with Gasteiger partial charge in [-0.25, -0.2) is 0 Å². The van der Waals surface area contributed by atoms with Crippen LogP contribution in [0.4, 0.5) is 5.69 Å². The summed E-state index contributed by atoms with van der Waals surface area (Å²) in [6.07, 6.45) is 4.34. The fourth-order valence-electron chi connectivity index (χ4n) is 1.36. The number of nitrogens with zero attached hydrogens (tertiary/aromatic N) is 1. The van der Waals surface area contributed by atoms with Gasteiger partial charge >= 0.3 is 0 Å². The summed E-state index contributed by atoms with van der Waals surface area (Å²) in [5.41, 5.74) is 6.32. The van der Waals surface area contributed by atoms with Crippen molar-refractivity contribution in [2.45, 2.75) is 39.5 Å². The molecule has 0 aliphatic heterocycles. The van der Waals surface area contributed by atoms with E-state index in [1.54, 1.807) is 12.1 Å². The van der Waals surface area contributed by atoms with Crippen molar-refractivity contribution >= 4 is 5.69 Å². The third kappa shape index (κ3) is 4.93. The third-order valence-corrected chi connectivity index (χ3v) is 2.30. The molecule has 4 heteroatoms. The molecule has 0 amide bonds. The summed E-state index contributed by atoms with van der Waals surface area (Å²) < 4.78 is 11.0. The topological polar surface area (TPSA) is 57.4 Å². The summed E-state index contributed by atoms with van der Waals surface area (Å²) in [6, 6.07) is 3.55. The number of rotatable bonds is 8. The maximum Gasteiger partial charge on any atom is 0.240 e. The van der Waals surface area contributed by atoms with Crippen LogP contribution in [0, 0.1) is 0 Å². The second-order valence-corrected chi connectivity index (χ2v) is 3.95. The zero-order valence-electron chi connectivity index (χ0n) is 10.7. The first-order valence-corrected chi connectivity index (χ1v) is 6.30. The van der Waals surface area contributed by atoms with Crippen molar-refractivity contribution in [2.24, 2.45) is 0 Å². The molecule has 0 fully saturated rings. The minimum Gasteiger partial charge on any atom is -0.478 e. The minimum absolute atomic E-state index is 0.472. The molecule has 0 aromatic carbocycles. The van der Waals surface area contributed by atoms with Crippen LogP contribution in [-0.4, -0.2) is 18.2 Å². The van der Waals surface area contributed by atoms with Gasteiger partial charge < -0.3 is 15.2 Å². The Hall–Kier alpha value is -1.45. The second-order valence-electron chi connectivity index (χ2n) is 3.95. The van der Waals surface area contributed by atoms with Gasteiger partial charge in [0.2, 0.25) is 11.8 Å². The molecule has 0 saturated carbocycles. The molecule has 4 nitrogen and oxygen atoms in total. The van der Waals surface area contributed by atoms with E-state index in [0.29, 0.717) is 30.7 Å². The van der Waals surface area contributed by atoms with Crippen LogP contribution in [0.1, 0.15) is 39.5 Å². The Morgan fingerprint density at radius 2 is 1.88 bits per heavy atom. The lowest BCUT2D eigenvalue weighted by atomic mass is 10.3. The maximum absolute atomic E-state index is 5.76. The van der Waals surface area contributed by atoms with Crippen LogP contribution in [0.2, 0.25) is 0 Å². The molecular weight excluding hydrogens is 216 g/mol. The third-order valence-electron chi connectivity index (χ3n) is 2.30. The monoisotopic (exact) mass is 238 g/mol. The largest absolute Gasteiger partial charge is 0.478 e. The number of hydrogen-bond donors (Lipinski definition) is 1. The van der Waals surface area contributed by atoms with E-state index in [9.17, 15) is 0 Å². The molecule has 0 bridgehead atoms. The Morgan fingerprint density at radius 3 is 2.59 bits per heavy atom. The van der Waals surface area contributed by atoms with Crippen LogP contribution in [0.3, 0.4) is 0 Å². The van der Waals surface area contributed by atoms with Crippen molar-refractivity contribution < 1.29 is 9.47 Å². The fraction of sp³-hybridized carbons (Fsp3) is 0.615. The lowest BCUT2D eigenvalue weighted by molar-refractivity contribution is 0.275. The lowest BCUT2D eigenvalue weighted by Crippen LogP contribution is -2.04. The Morgan fingerprint density at radius 1 is 1.06 bits per heavy atom. The first kappa shape index (κ1) is 13.6. The number of hydrogen-bond acceptors (Lipinski definition) is 4. The van der Waals surface area contributed by atoms with Crippen molar-refractivity contribution in [1.82, 2.24) is 4.98 Å². The molecule has 0 unspecified atom stereocenters. The Balaban J connectivity index is 2.49. The number of unbranched alkanes of at least 4 members (excludes halogenated alkanes) is 2. The fourth-order valence-corrected chi connectivity index (χ4v) is 1.36. The number of anilines is 1. The molecule has 0 atom stereocenters. The summed E-state index contributed by atoms with van der Waals surface area (Å²) in [4.78, 5) is 4.24. The predicted octanol–water partition coefficient (Wildman–Crippen LogP) is 3.02. The average Bonchev–Trinajstić information content (AvgIpc) is 2.35. The molecule has 1 rings (SSSR count). The van der Waals surface area contributed by atoms with Crippen molar-refractivity contribution in [3.63, 3.8) is 0 Å². The molecule has 2 N–H and O–H groups in total. The van der Waals surface area contributed by atoms with Crippen molar-refractivity contribution in [3.05, 3.63) is 12.1 Å². The molecule has 0 aliphatic carbocycles. The standard InChI is InChI=1S/C13H22N2O2/c1-3-5-6-10-16-12-8-7-11(14)13(15-12)17-9-4-2/h7-8H,3-6,9-10,14H2,1-2H3. The zero-order valence-corrected chi connectivity index (χ0v) is 10.7. The zero-order chi connectivity index (χ0) is 12.5. The van der Waals surface area contributed by atoms with E-state index < -0.39 is 0 Å². The predicted molar refractivity (Wildman–Crippen MR) is 69.5 cm³/mol. The van der Waals surface area contributed by atoms with E-state index in [1.165, 1.54) is 12.8 Å². The van der Waals surface area contributed by atoms with E-state index in [0.717, 1.165) is 12.8 Å². The minimum atomic E-state index is 0.472. The molecule has 0 saturated heterocycles. The molecule has 0 radical (unpaired) electrons. The van der Waals surface area contributed by atoms with E-state index in [1.807, 2.05) is 6.92 Å². The normalized spacial score (nSPS) is 10.2. The van der Waals surface area contributed by atoms with E-state index in [2.05, 4.69) is 11.9 Å². The van der Waals surface area contributed by atoms with Gasteiger partial charge in [0.25, 0.3) is 0 Å². The highest BCUT2D eigenvalue weighted by molar-refractivity contribution is 5.49. The van der Waals surface area contributed by atoms with E-state index >= 15 is 0 Å². The highest BCUT2D eigenvalue weighted by atomic mass is 16.5. The van der Waals surface area contributed by atoms with Gasteiger partial charge in [0.1, 0.15) is 0 Å². The highest BCUT2D eigenvalue weighted by Gasteiger charge is 2.04. The number of nitrogens with two attached hydrogens (primary N) is 1. The molecule has 0 aliphatic rings. The van der Waals surface area contributed by atoms with Crippen molar-refractivity contribution in [1.29, 1.82) is 0 Å². The van der Waals surface area contributed by atoms with Crippen LogP contribution in [0.15, 0.2) is 12.1 Å². The first-order chi connectivity index (χ1) is 8.27. The number of pyridine rings is 1. The lowest BCUT2D eigenvalue weighted by Gasteiger charge is -2.09. The highest BCUT2D eigenvalue weighted by Crippen LogP contribution is 2.22. The maximum atomic E-state index is 5.76. The summed E-state index contributed by atoms with van der Waals surface area (Å²) >= 11 is 0. The van der Waals surface area contributed by atoms with Crippen LogP contribution < -0.4 is 15.2 Å². The van der Waals surface area contributed by atoms with Gasteiger partial charge in [-0.15, -0.1) is 0 Å². The molecule has 96 valence electrons. The molecule has 1 aromatic rings. The Bertz CT molecular complexity index is 329. The van der Waals surface area contributed by atoms with Crippen LogP contribution in [0.5, 0.6) is 11.8 Å². The van der Waals surface area contributed by atoms with Crippen LogP contribution in [-0.2, 0) is 0 Å². The average molecular weight is 238 g/mol. The summed E-state index contributed by atoms with van der Waals surface area (Å²) in [7, 11) is 0. The van der Waals surface area contributed by atoms with Gasteiger partial charge in [0.05, 0.1) is 18.9 Å². The first-order valence-electron chi connectivity index (χ1n) is 6.30. The molecule has 1 aromatic heterocycles. The SMILES string of the molecule is CCCCCOc1ccc(N)c(OCCC)n1. The number of aromatic nitrogens is 1. The van der Waals surface area contributed by atoms with Gasteiger partial charge in [-0.3, -0.25) is 0 Å². The van der Waals surface area contributed by atoms with Crippen LogP contribution >= 0.6 is 0 Å². The van der Waals surface area contributed by atoms with E-state index in [-0.39, 0.29) is 0 Å². The van der Waals surface area contributed by atoms with Crippen molar-refractivity contribution in [2.75, 3.05) is 18.9 Å². The van der Waals surface area contributed by atoms with Crippen LogP contribution in [0.25, 0.3) is 0 Å². The van der Waals surface area contributed by atoms with Gasteiger partial charge in [0, 0.05) is 6.07 Å². The Labute approximate surface area is 103 Å². The van der Waals surface area contributed by atoms with E-state index in [4.69, 9.17) is 15.2 Å². The van der Waals surface area contributed by atoms with Crippen molar-refractivity contribution in [3.8, 4) is 11.8 Å². The van der Waals surface area contributed by atoms with Gasteiger partial charge in [0.15, 0.2) is 0 Å². The number of nitrogen functional groups attached to an aromatic ring is 1. The molecule has 0 spiro atoms. The smallest absolute Gasteiger partial charge is 0.240 e.